The SMILES string of the molecule is C[C@@H]1OC[C@H]2COCN(O)[C@H]21. The Labute approximate surface area is 65.7 Å². The van der Waals surface area contributed by atoms with Gasteiger partial charge in [-0.15, -0.1) is 0 Å². The monoisotopic (exact) mass is 159 g/mol. The number of fused-ring (bicyclic) bond motifs is 1. The zero-order chi connectivity index (χ0) is 7.84. The van der Waals surface area contributed by atoms with Crippen molar-refractivity contribution in [1.29, 1.82) is 0 Å². The highest BCUT2D eigenvalue weighted by Gasteiger charge is 2.41. The molecule has 2 rings (SSSR count). The Balaban J connectivity index is 2.08. The van der Waals surface area contributed by atoms with E-state index in [4.69, 9.17) is 9.47 Å². The van der Waals surface area contributed by atoms with Crippen LogP contribution in [0.2, 0.25) is 0 Å². The van der Waals surface area contributed by atoms with Crippen molar-refractivity contribution in [3.8, 4) is 0 Å². The minimum absolute atomic E-state index is 0.133. The summed E-state index contributed by atoms with van der Waals surface area (Å²) in [6.45, 7) is 3.73. The standard InChI is InChI=1S/C7H13NO3/c1-5-7-6(3-11-5)2-10-4-8(7)9/h5-7,9H,2-4H2,1H3/t5-,6+,7-/m0/s1. The van der Waals surface area contributed by atoms with Gasteiger partial charge in [-0.2, -0.15) is 5.06 Å². The van der Waals surface area contributed by atoms with Gasteiger partial charge in [0.15, 0.2) is 0 Å². The van der Waals surface area contributed by atoms with Crippen molar-refractivity contribution in [1.82, 2.24) is 5.06 Å². The third-order valence-electron chi connectivity index (χ3n) is 2.44. The van der Waals surface area contributed by atoms with Crippen LogP contribution in [0.15, 0.2) is 0 Å². The summed E-state index contributed by atoms with van der Waals surface area (Å²) in [4.78, 5) is 0. The van der Waals surface area contributed by atoms with Crippen molar-refractivity contribution in [3.05, 3.63) is 0 Å². The molecule has 0 aliphatic carbocycles. The molecule has 11 heavy (non-hydrogen) atoms. The average molecular weight is 159 g/mol. The van der Waals surface area contributed by atoms with Gasteiger partial charge in [-0.3, -0.25) is 0 Å². The summed E-state index contributed by atoms with van der Waals surface area (Å²) in [6.07, 6.45) is 0.133. The Morgan fingerprint density at radius 3 is 3.00 bits per heavy atom. The van der Waals surface area contributed by atoms with E-state index in [1.807, 2.05) is 6.92 Å². The van der Waals surface area contributed by atoms with Gasteiger partial charge in [0.2, 0.25) is 0 Å². The molecule has 2 saturated heterocycles. The van der Waals surface area contributed by atoms with E-state index in [0.717, 1.165) is 0 Å². The van der Waals surface area contributed by atoms with Gasteiger partial charge in [0.25, 0.3) is 0 Å². The van der Waals surface area contributed by atoms with E-state index >= 15 is 0 Å². The quantitative estimate of drug-likeness (QED) is 0.543. The summed E-state index contributed by atoms with van der Waals surface area (Å²) in [5.74, 6) is 0.351. The second-order valence-electron chi connectivity index (χ2n) is 3.23. The van der Waals surface area contributed by atoms with Crippen molar-refractivity contribution in [3.63, 3.8) is 0 Å². The smallest absolute Gasteiger partial charge is 0.122 e. The normalized spacial score (nSPS) is 45.8. The highest BCUT2D eigenvalue weighted by atomic mass is 16.6. The van der Waals surface area contributed by atoms with Crippen LogP contribution in [0, 0.1) is 5.92 Å². The molecule has 1 N–H and O–H groups in total. The first-order chi connectivity index (χ1) is 5.29. The van der Waals surface area contributed by atoms with E-state index in [9.17, 15) is 5.21 Å². The van der Waals surface area contributed by atoms with Crippen LogP contribution in [0.1, 0.15) is 6.92 Å². The van der Waals surface area contributed by atoms with Crippen LogP contribution in [0.3, 0.4) is 0 Å². The van der Waals surface area contributed by atoms with E-state index in [0.29, 0.717) is 25.9 Å². The van der Waals surface area contributed by atoms with Crippen molar-refractivity contribution in [2.45, 2.75) is 19.1 Å². The van der Waals surface area contributed by atoms with Gasteiger partial charge in [0.1, 0.15) is 6.73 Å². The molecule has 64 valence electrons. The lowest BCUT2D eigenvalue weighted by atomic mass is 9.99. The lowest BCUT2D eigenvalue weighted by molar-refractivity contribution is -0.232. The summed E-state index contributed by atoms with van der Waals surface area (Å²) >= 11 is 0. The molecule has 0 aromatic rings. The predicted molar refractivity (Wildman–Crippen MR) is 37.1 cm³/mol. The number of hydrogen-bond donors (Lipinski definition) is 1. The maximum Gasteiger partial charge on any atom is 0.122 e. The van der Waals surface area contributed by atoms with Gasteiger partial charge in [-0.05, 0) is 6.92 Å². The zero-order valence-corrected chi connectivity index (χ0v) is 6.56. The van der Waals surface area contributed by atoms with Gasteiger partial charge in [-0.1, -0.05) is 0 Å². The van der Waals surface area contributed by atoms with E-state index < -0.39 is 0 Å². The molecule has 0 bridgehead atoms. The molecule has 2 fully saturated rings. The summed E-state index contributed by atoms with van der Waals surface area (Å²) in [5.41, 5.74) is 0. The number of hydroxylamine groups is 2. The molecule has 2 heterocycles. The first-order valence-electron chi connectivity index (χ1n) is 3.94. The van der Waals surface area contributed by atoms with Crippen molar-refractivity contribution >= 4 is 0 Å². The highest BCUT2D eigenvalue weighted by Crippen LogP contribution is 2.27. The van der Waals surface area contributed by atoms with Gasteiger partial charge in [0, 0.05) is 5.92 Å². The number of hydrogen-bond acceptors (Lipinski definition) is 4. The molecule has 0 radical (unpaired) electrons. The fourth-order valence-electron chi connectivity index (χ4n) is 1.87. The topological polar surface area (TPSA) is 41.9 Å². The first-order valence-corrected chi connectivity index (χ1v) is 3.94. The maximum atomic E-state index is 9.38. The Kier molecular flexibility index (Phi) is 1.85. The van der Waals surface area contributed by atoms with Crippen LogP contribution in [0.25, 0.3) is 0 Å². The fraction of sp³-hybridized carbons (Fsp3) is 1.00. The average Bonchev–Trinajstić information content (AvgIpc) is 2.34. The summed E-state index contributed by atoms with van der Waals surface area (Å²) < 4.78 is 10.5. The van der Waals surface area contributed by atoms with E-state index in [1.54, 1.807) is 0 Å². The first kappa shape index (κ1) is 7.49. The molecule has 0 aromatic carbocycles. The second-order valence-corrected chi connectivity index (χ2v) is 3.23. The maximum absolute atomic E-state index is 9.38. The number of ether oxygens (including phenoxy) is 2. The minimum Gasteiger partial charge on any atom is -0.376 e. The lowest BCUT2D eigenvalue weighted by Gasteiger charge is -2.33. The second kappa shape index (κ2) is 2.71. The molecule has 2 aliphatic rings. The molecular weight excluding hydrogens is 146 g/mol. The Hall–Kier alpha value is -0.160. The number of nitrogens with zero attached hydrogens (tertiary/aromatic N) is 1. The largest absolute Gasteiger partial charge is 0.376 e. The summed E-state index contributed by atoms with van der Waals surface area (Å²) in [5, 5.41) is 10.6. The van der Waals surface area contributed by atoms with Crippen LogP contribution in [0.4, 0.5) is 0 Å². The Morgan fingerprint density at radius 2 is 2.27 bits per heavy atom. The van der Waals surface area contributed by atoms with Crippen molar-refractivity contribution in [2.24, 2.45) is 5.92 Å². The molecule has 2 aliphatic heterocycles. The van der Waals surface area contributed by atoms with Crippen molar-refractivity contribution in [2.75, 3.05) is 19.9 Å². The van der Waals surface area contributed by atoms with Gasteiger partial charge < -0.3 is 14.7 Å². The molecule has 0 amide bonds. The summed E-state index contributed by atoms with van der Waals surface area (Å²) in [7, 11) is 0. The van der Waals surface area contributed by atoms with Crippen molar-refractivity contribution < 1.29 is 14.7 Å². The van der Waals surface area contributed by atoms with Gasteiger partial charge in [-0.25, -0.2) is 0 Å². The fourth-order valence-corrected chi connectivity index (χ4v) is 1.87. The van der Waals surface area contributed by atoms with E-state index in [2.05, 4.69) is 0 Å². The molecule has 3 atom stereocenters. The third-order valence-corrected chi connectivity index (χ3v) is 2.44. The number of rotatable bonds is 0. The van der Waals surface area contributed by atoms with Crippen LogP contribution in [0.5, 0.6) is 0 Å². The molecule has 4 heteroatoms. The molecular formula is C7H13NO3. The highest BCUT2D eigenvalue weighted by molar-refractivity contribution is 4.87. The molecule has 0 unspecified atom stereocenters. The van der Waals surface area contributed by atoms with Gasteiger partial charge >= 0.3 is 0 Å². The van der Waals surface area contributed by atoms with E-state index in [1.165, 1.54) is 5.06 Å². The molecule has 0 aromatic heterocycles. The summed E-state index contributed by atoms with van der Waals surface area (Å²) in [6, 6.07) is 0.142. The minimum atomic E-state index is 0.133. The lowest BCUT2D eigenvalue weighted by Crippen LogP contribution is -2.48. The third kappa shape index (κ3) is 1.16. The van der Waals surface area contributed by atoms with Gasteiger partial charge in [0.05, 0.1) is 25.4 Å². The molecule has 0 saturated carbocycles. The Morgan fingerprint density at radius 1 is 1.45 bits per heavy atom. The van der Waals surface area contributed by atoms with Crippen LogP contribution < -0.4 is 0 Å². The molecule has 0 spiro atoms. The van der Waals surface area contributed by atoms with Crippen LogP contribution >= 0.6 is 0 Å². The van der Waals surface area contributed by atoms with E-state index in [-0.39, 0.29) is 12.1 Å². The Bertz CT molecular complexity index is 151. The van der Waals surface area contributed by atoms with Crippen LogP contribution in [-0.4, -0.2) is 42.4 Å². The van der Waals surface area contributed by atoms with Crippen LogP contribution in [-0.2, 0) is 9.47 Å². The zero-order valence-electron chi connectivity index (χ0n) is 6.56. The predicted octanol–water partition coefficient (Wildman–Crippen LogP) is 0.0688. The molecule has 4 nitrogen and oxygen atoms in total.